The zero-order valence-electron chi connectivity index (χ0n) is 24.1. The molecule has 2 aliphatic heterocycles. The number of imidazole rings is 1. The zero-order chi connectivity index (χ0) is 29.4. The molecule has 0 spiro atoms. The summed E-state index contributed by atoms with van der Waals surface area (Å²) in [4.78, 5) is 25.7. The van der Waals surface area contributed by atoms with Gasteiger partial charge in [0.15, 0.2) is 17.3 Å². The average Bonchev–Trinajstić information content (AvgIpc) is 3.69. The second-order valence-corrected chi connectivity index (χ2v) is 10.9. The molecule has 0 radical (unpaired) electrons. The van der Waals surface area contributed by atoms with Gasteiger partial charge < -0.3 is 14.0 Å². The minimum absolute atomic E-state index is 0.364. The lowest BCUT2D eigenvalue weighted by Crippen LogP contribution is -2.34. The maximum atomic E-state index is 11.4. The number of likely N-dealkylation sites (tertiary alicyclic amines) is 1. The van der Waals surface area contributed by atoms with E-state index in [4.69, 9.17) is 26.1 Å². The van der Waals surface area contributed by atoms with Crippen LogP contribution in [0.5, 0.6) is 11.5 Å². The quantitative estimate of drug-likeness (QED) is 0.265. The number of hydrogen-bond donors (Lipinski definition) is 1. The normalized spacial score (nSPS) is 18.7. The molecule has 0 bridgehead atoms. The van der Waals surface area contributed by atoms with Crippen LogP contribution in [0.3, 0.4) is 0 Å². The molecule has 1 atom stereocenters. The van der Waals surface area contributed by atoms with Gasteiger partial charge in [-0.3, -0.25) is 19.4 Å². The molecule has 2 aliphatic rings. The van der Waals surface area contributed by atoms with Crippen LogP contribution in [-0.4, -0.2) is 42.7 Å². The molecule has 218 valence electrons. The average molecular weight is 589 g/mol. The van der Waals surface area contributed by atoms with Crippen LogP contribution in [0, 0.1) is 0 Å². The fourth-order valence-corrected chi connectivity index (χ4v) is 5.81. The van der Waals surface area contributed by atoms with Gasteiger partial charge in [0.1, 0.15) is 11.5 Å². The Morgan fingerprint density at radius 2 is 1.90 bits per heavy atom. The Hall–Kier alpha value is -4.15. The van der Waals surface area contributed by atoms with Gasteiger partial charge in [-0.2, -0.15) is 0 Å². The summed E-state index contributed by atoms with van der Waals surface area (Å²) in [5, 5.41) is 4.37. The van der Waals surface area contributed by atoms with Crippen molar-refractivity contribution in [1.82, 2.24) is 29.6 Å². The molecule has 7 rings (SSSR count). The molecular formula is C31H33ClN6O4. The number of aryl methyl sites for hydroxylation is 1. The standard InChI is InChI=1S/C29H27ClN6O4.C2H6/c1-29(24-9-7-19(30)15-31-24)38-23-5-3-4-20(26(23)39-29)17-10-12-36(13-11-17)16-25-32-21-8-6-18(14-22(21)35(25)2)27-33-28(37)40-34-27;1-2/h3-9,14-15,17H,10-13,16H2,1-2H3,(H,33,34,37);1-2H3. The number of benzene rings is 2. The van der Waals surface area contributed by atoms with Crippen molar-refractivity contribution in [2.24, 2.45) is 7.05 Å². The highest BCUT2D eigenvalue weighted by Gasteiger charge is 2.42. The number of ether oxygens (including phenoxy) is 2. The third-order valence-electron chi connectivity index (χ3n) is 7.88. The number of hydrogen-bond acceptors (Lipinski definition) is 8. The van der Waals surface area contributed by atoms with Gasteiger partial charge in [0, 0.05) is 31.3 Å². The van der Waals surface area contributed by atoms with Crippen LogP contribution in [0.4, 0.5) is 0 Å². The summed E-state index contributed by atoms with van der Waals surface area (Å²) < 4.78 is 19.4. The van der Waals surface area contributed by atoms with Crippen molar-refractivity contribution in [2.45, 2.75) is 51.9 Å². The molecule has 11 heteroatoms. The van der Waals surface area contributed by atoms with E-state index in [9.17, 15) is 4.79 Å². The molecule has 0 amide bonds. The van der Waals surface area contributed by atoms with Crippen molar-refractivity contribution in [1.29, 1.82) is 0 Å². The number of aromatic nitrogens is 5. The first kappa shape index (κ1) is 28.0. The Kier molecular flexibility index (Phi) is 7.51. The number of fused-ring (bicyclic) bond motifs is 2. The second kappa shape index (κ2) is 11.3. The molecule has 5 aromatic rings. The van der Waals surface area contributed by atoms with Crippen LogP contribution < -0.4 is 15.2 Å². The summed E-state index contributed by atoms with van der Waals surface area (Å²) in [6, 6.07) is 15.6. The Morgan fingerprint density at radius 1 is 1.10 bits per heavy atom. The molecule has 0 aliphatic carbocycles. The van der Waals surface area contributed by atoms with Crippen molar-refractivity contribution in [3.8, 4) is 22.9 Å². The van der Waals surface area contributed by atoms with E-state index in [2.05, 4.69) is 35.2 Å². The van der Waals surface area contributed by atoms with E-state index in [1.807, 2.05) is 64.2 Å². The van der Waals surface area contributed by atoms with Crippen molar-refractivity contribution in [2.75, 3.05) is 13.1 Å². The lowest BCUT2D eigenvalue weighted by molar-refractivity contribution is -0.0722. The Morgan fingerprint density at radius 3 is 2.62 bits per heavy atom. The van der Waals surface area contributed by atoms with Gasteiger partial charge in [-0.15, -0.1) is 0 Å². The first-order valence-electron chi connectivity index (χ1n) is 14.2. The Balaban J connectivity index is 0.00000155. The number of halogens is 1. The maximum absolute atomic E-state index is 11.4. The zero-order valence-corrected chi connectivity index (χ0v) is 24.8. The third kappa shape index (κ3) is 5.16. The number of rotatable bonds is 5. The highest BCUT2D eigenvalue weighted by atomic mass is 35.5. The van der Waals surface area contributed by atoms with Crippen LogP contribution in [0.25, 0.3) is 22.4 Å². The van der Waals surface area contributed by atoms with Crippen molar-refractivity contribution >= 4 is 22.6 Å². The number of aromatic amines is 1. The molecule has 1 N–H and O–H groups in total. The van der Waals surface area contributed by atoms with Crippen LogP contribution >= 0.6 is 11.6 Å². The second-order valence-electron chi connectivity index (χ2n) is 10.5. The number of nitrogens with zero attached hydrogens (tertiary/aromatic N) is 5. The monoisotopic (exact) mass is 588 g/mol. The van der Waals surface area contributed by atoms with E-state index in [0.29, 0.717) is 22.5 Å². The van der Waals surface area contributed by atoms with E-state index in [0.717, 1.165) is 66.4 Å². The first-order chi connectivity index (χ1) is 20.4. The SMILES string of the molecule is CC.Cn1c(CN2CCC(c3cccc4c3OC(C)(c3ccc(Cl)cn3)O4)CC2)nc2ccc(-c3noc(=O)[nH]3)cc21. The smallest absolute Gasteiger partial charge is 0.439 e. The fourth-order valence-electron chi connectivity index (χ4n) is 5.70. The Bertz CT molecular complexity index is 1770. The van der Waals surface area contributed by atoms with E-state index >= 15 is 0 Å². The summed E-state index contributed by atoms with van der Waals surface area (Å²) in [7, 11) is 2.02. The van der Waals surface area contributed by atoms with Crippen molar-refractivity contribution < 1.29 is 14.0 Å². The van der Waals surface area contributed by atoms with Gasteiger partial charge in [0.25, 0.3) is 5.79 Å². The lowest BCUT2D eigenvalue weighted by Gasteiger charge is -2.32. The molecule has 42 heavy (non-hydrogen) atoms. The number of piperidine rings is 1. The molecule has 1 fully saturated rings. The minimum atomic E-state index is -0.993. The molecule has 10 nitrogen and oxygen atoms in total. The maximum Gasteiger partial charge on any atom is 0.439 e. The van der Waals surface area contributed by atoms with Gasteiger partial charge in [0.05, 0.1) is 22.6 Å². The molecule has 5 heterocycles. The minimum Gasteiger partial charge on any atom is -0.443 e. The summed E-state index contributed by atoms with van der Waals surface area (Å²) in [5.74, 6) is 1.74. The highest BCUT2D eigenvalue weighted by molar-refractivity contribution is 6.30. The highest BCUT2D eigenvalue weighted by Crippen LogP contribution is 2.49. The molecule has 1 saturated heterocycles. The van der Waals surface area contributed by atoms with E-state index in [-0.39, 0.29) is 0 Å². The number of nitrogens with one attached hydrogen (secondary N) is 1. The van der Waals surface area contributed by atoms with Crippen LogP contribution in [-0.2, 0) is 19.4 Å². The summed E-state index contributed by atoms with van der Waals surface area (Å²) in [6.45, 7) is 8.53. The van der Waals surface area contributed by atoms with Crippen molar-refractivity contribution in [3.63, 3.8) is 0 Å². The molecule has 0 saturated carbocycles. The van der Waals surface area contributed by atoms with E-state index in [1.54, 1.807) is 12.3 Å². The summed E-state index contributed by atoms with van der Waals surface area (Å²) in [5.41, 5.74) is 4.51. The number of H-pyrrole nitrogens is 1. The first-order valence-corrected chi connectivity index (χ1v) is 14.6. The van der Waals surface area contributed by atoms with Gasteiger partial charge in [-0.25, -0.2) is 9.78 Å². The van der Waals surface area contributed by atoms with Crippen LogP contribution in [0.1, 0.15) is 56.6 Å². The number of para-hydroxylation sites is 1. The topological polar surface area (TPSA) is 111 Å². The summed E-state index contributed by atoms with van der Waals surface area (Å²) in [6.07, 6.45) is 3.61. The van der Waals surface area contributed by atoms with Gasteiger partial charge in [-0.1, -0.05) is 42.7 Å². The van der Waals surface area contributed by atoms with Crippen LogP contribution in [0.15, 0.2) is 64.0 Å². The molecule has 3 aromatic heterocycles. The predicted octanol–water partition coefficient (Wildman–Crippen LogP) is 6.01. The Labute approximate surface area is 248 Å². The van der Waals surface area contributed by atoms with Gasteiger partial charge >= 0.3 is 5.76 Å². The predicted molar refractivity (Wildman–Crippen MR) is 160 cm³/mol. The summed E-state index contributed by atoms with van der Waals surface area (Å²) >= 11 is 6.03. The molecule has 2 aromatic carbocycles. The van der Waals surface area contributed by atoms with E-state index < -0.39 is 11.5 Å². The van der Waals surface area contributed by atoms with Crippen LogP contribution in [0.2, 0.25) is 5.02 Å². The third-order valence-corrected chi connectivity index (χ3v) is 8.11. The largest absolute Gasteiger partial charge is 0.443 e. The molecule has 1 unspecified atom stereocenters. The van der Waals surface area contributed by atoms with Gasteiger partial charge in [0.2, 0.25) is 0 Å². The number of pyridine rings is 1. The molecular weight excluding hydrogens is 556 g/mol. The lowest BCUT2D eigenvalue weighted by atomic mass is 9.88. The van der Waals surface area contributed by atoms with Gasteiger partial charge in [-0.05, 0) is 68.2 Å². The fraction of sp³-hybridized carbons (Fsp3) is 0.355. The van der Waals surface area contributed by atoms with E-state index in [1.165, 1.54) is 5.56 Å². The van der Waals surface area contributed by atoms with Crippen molar-refractivity contribution in [3.05, 3.63) is 87.4 Å².